The highest BCUT2D eigenvalue weighted by Gasteiger charge is 2.28. The van der Waals surface area contributed by atoms with Crippen molar-refractivity contribution in [3.63, 3.8) is 0 Å². The second-order valence-electron chi connectivity index (χ2n) is 4.56. The summed E-state index contributed by atoms with van der Waals surface area (Å²) in [4.78, 5) is 11.8. The first-order valence-electron chi connectivity index (χ1n) is 5.77. The molecule has 1 fully saturated rings. The molecule has 0 aliphatic carbocycles. The lowest BCUT2D eigenvalue weighted by atomic mass is 9.98. The Morgan fingerprint density at radius 1 is 1.60 bits per heavy atom. The Morgan fingerprint density at radius 3 is 2.80 bits per heavy atom. The van der Waals surface area contributed by atoms with Crippen molar-refractivity contribution in [2.24, 2.45) is 0 Å². The molecule has 0 aromatic carbocycles. The summed E-state index contributed by atoms with van der Waals surface area (Å²) in [5.74, 6) is 0.0214. The van der Waals surface area contributed by atoms with Crippen LogP contribution in [0.2, 0.25) is 0 Å². The van der Waals surface area contributed by atoms with E-state index in [1.165, 1.54) is 0 Å². The summed E-state index contributed by atoms with van der Waals surface area (Å²) in [7, 11) is 0. The predicted molar refractivity (Wildman–Crippen MR) is 59.6 cm³/mol. The first kappa shape index (κ1) is 12.5. The Kier molecular flexibility index (Phi) is 4.54. The van der Waals surface area contributed by atoms with Crippen molar-refractivity contribution in [2.45, 2.75) is 51.1 Å². The number of aliphatic hydroxyl groups excluding tert-OH is 1. The van der Waals surface area contributed by atoms with Crippen molar-refractivity contribution in [2.75, 3.05) is 13.2 Å². The average Bonchev–Trinajstić information content (AvgIpc) is 2.30. The van der Waals surface area contributed by atoms with Gasteiger partial charge in [0.2, 0.25) is 5.91 Å². The van der Waals surface area contributed by atoms with E-state index in [9.17, 15) is 9.90 Å². The first-order chi connectivity index (χ1) is 7.11. The smallest absolute Gasteiger partial charge is 0.237 e. The molecule has 3 N–H and O–H groups in total. The lowest BCUT2D eigenvalue weighted by Crippen LogP contribution is -2.55. The molecule has 1 amide bonds. The molecule has 15 heavy (non-hydrogen) atoms. The Morgan fingerprint density at radius 2 is 2.33 bits per heavy atom. The number of carbonyl (C=O) groups is 1. The number of hydrogen-bond donors (Lipinski definition) is 3. The van der Waals surface area contributed by atoms with Crippen LogP contribution >= 0.6 is 0 Å². The van der Waals surface area contributed by atoms with E-state index in [1.54, 1.807) is 0 Å². The first-order valence-corrected chi connectivity index (χ1v) is 5.77. The van der Waals surface area contributed by atoms with E-state index >= 15 is 0 Å². The summed E-state index contributed by atoms with van der Waals surface area (Å²) in [6.07, 6.45) is 3.89. The van der Waals surface area contributed by atoms with Crippen LogP contribution in [0.5, 0.6) is 0 Å². The molecule has 0 aromatic heterocycles. The minimum absolute atomic E-state index is 0.0119. The topological polar surface area (TPSA) is 61.4 Å². The normalized spacial score (nSPS) is 25.7. The second kappa shape index (κ2) is 5.47. The zero-order valence-electron chi connectivity index (χ0n) is 9.68. The predicted octanol–water partition coefficient (Wildman–Crippen LogP) is 0.406. The maximum absolute atomic E-state index is 11.8. The third-order valence-corrected chi connectivity index (χ3v) is 3.18. The van der Waals surface area contributed by atoms with Crippen molar-refractivity contribution < 1.29 is 9.90 Å². The Balaban J connectivity index is 2.46. The van der Waals surface area contributed by atoms with Gasteiger partial charge in [-0.2, -0.15) is 0 Å². The van der Waals surface area contributed by atoms with Crippen molar-refractivity contribution in [3.8, 4) is 0 Å². The largest absolute Gasteiger partial charge is 0.394 e. The van der Waals surface area contributed by atoms with Gasteiger partial charge in [-0.05, 0) is 32.7 Å². The van der Waals surface area contributed by atoms with Crippen LogP contribution < -0.4 is 10.6 Å². The molecule has 1 aliphatic heterocycles. The fourth-order valence-corrected chi connectivity index (χ4v) is 1.70. The van der Waals surface area contributed by atoms with Crippen LogP contribution in [0.4, 0.5) is 0 Å². The van der Waals surface area contributed by atoms with E-state index in [1.807, 2.05) is 13.8 Å². The van der Waals surface area contributed by atoms with E-state index in [-0.39, 0.29) is 18.6 Å². The fourth-order valence-electron chi connectivity index (χ4n) is 1.70. The number of amides is 1. The highest BCUT2D eigenvalue weighted by molar-refractivity contribution is 5.82. The van der Waals surface area contributed by atoms with Crippen LogP contribution in [0.15, 0.2) is 0 Å². The van der Waals surface area contributed by atoms with E-state index in [4.69, 9.17) is 0 Å². The molecular weight excluding hydrogens is 192 g/mol. The zero-order valence-corrected chi connectivity index (χ0v) is 9.68. The lowest BCUT2D eigenvalue weighted by Gasteiger charge is -2.31. The molecule has 0 aromatic rings. The Hall–Kier alpha value is -0.610. The van der Waals surface area contributed by atoms with Crippen molar-refractivity contribution in [1.82, 2.24) is 10.6 Å². The summed E-state index contributed by atoms with van der Waals surface area (Å²) >= 11 is 0. The van der Waals surface area contributed by atoms with E-state index in [0.717, 1.165) is 32.2 Å². The molecule has 1 unspecified atom stereocenters. The van der Waals surface area contributed by atoms with Gasteiger partial charge in [0, 0.05) is 0 Å². The van der Waals surface area contributed by atoms with Gasteiger partial charge in [0.1, 0.15) is 0 Å². The summed E-state index contributed by atoms with van der Waals surface area (Å²) in [6, 6.07) is -0.0730. The Labute approximate surface area is 91.4 Å². The second-order valence-corrected chi connectivity index (χ2v) is 4.56. The summed E-state index contributed by atoms with van der Waals surface area (Å²) in [5.41, 5.74) is -0.476. The van der Waals surface area contributed by atoms with Crippen molar-refractivity contribution >= 4 is 5.91 Å². The summed E-state index contributed by atoms with van der Waals surface area (Å²) in [6.45, 7) is 4.74. The maximum Gasteiger partial charge on any atom is 0.237 e. The van der Waals surface area contributed by atoms with Gasteiger partial charge in [-0.3, -0.25) is 4.79 Å². The molecule has 2 atom stereocenters. The number of rotatable bonds is 4. The van der Waals surface area contributed by atoms with Gasteiger partial charge in [0.15, 0.2) is 0 Å². The van der Waals surface area contributed by atoms with Crippen LogP contribution in [0.3, 0.4) is 0 Å². The third-order valence-electron chi connectivity index (χ3n) is 3.18. The van der Waals surface area contributed by atoms with E-state index < -0.39 is 5.54 Å². The molecule has 0 saturated carbocycles. The van der Waals surface area contributed by atoms with Gasteiger partial charge in [-0.15, -0.1) is 0 Å². The SMILES string of the molecule is CCC(C)(CO)NC(=O)[C@@H]1CCCCN1. The molecule has 4 nitrogen and oxygen atoms in total. The monoisotopic (exact) mass is 214 g/mol. The molecular formula is C11H22N2O2. The highest BCUT2D eigenvalue weighted by atomic mass is 16.3. The molecule has 88 valence electrons. The third kappa shape index (κ3) is 3.47. The molecule has 1 rings (SSSR count). The summed E-state index contributed by atoms with van der Waals surface area (Å²) in [5, 5.41) is 15.3. The summed E-state index contributed by atoms with van der Waals surface area (Å²) < 4.78 is 0. The molecule has 1 aliphatic rings. The number of carbonyl (C=O) groups excluding carboxylic acids is 1. The number of hydrogen-bond acceptors (Lipinski definition) is 3. The van der Waals surface area contributed by atoms with Gasteiger partial charge in [-0.1, -0.05) is 13.3 Å². The molecule has 0 radical (unpaired) electrons. The molecule has 0 spiro atoms. The van der Waals surface area contributed by atoms with E-state index in [2.05, 4.69) is 10.6 Å². The lowest BCUT2D eigenvalue weighted by molar-refractivity contribution is -0.126. The molecule has 1 heterocycles. The average molecular weight is 214 g/mol. The number of aliphatic hydroxyl groups is 1. The minimum atomic E-state index is -0.476. The van der Waals surface area contributed by atoms with Crippen LogP contribution in [0, 0.1) is 0 Å². The molecule has 1 saturated heterocycles. The maximum atomic E-state index is 11.8. The Bertz CT molecular complexity index is 209. The van der Waals surface area contributed by atoms with Crippen LogP contribution in [0.1, 0.15) is 39.5 Å². The fraction of sp³-hybridized carbons (Fsp3) is 0.909. The van der Waals surface area contributed by atoms with Crippen molar-refractivity contribution in [3.05, 3.63) is 0 Å². The van der Waals surface area contributed by atoms with Crippen LogP contribution in [0.25, 0.3) is 0 Å². The number of nitrogens with one attached hydrogen (secondary N) is 2. The van der Waals surface area contributed by atoms with Crippen molar-refractivity contribution in [1.29, 1.82) is 0 Å². The minimum Gasteiger partial charge on any atom is -0.394 e. The van der Waals surface area contributed by atoms with E-state index in [0.29, 0.717) is 0 Å². The van der Waals surface area contributed by atoms with Crippen LogP contribution in [-0.2, 0) is 4.79 Å². The van der Waals surface area contributed by atoms with Gasteiger partial charge in [-0.25, -0.2) is 0 Å². The number of piperidine rings is 1. The van der Waals surface area contributed by atoms with Gasteiger partial charge < -0.3 is 15.7 Å². The zero-order chi connectivity index (χ0) is 11.3. The van der Waals surface area contributed by atoms with Crippen LogP contribution in [-0.4, -0.2) is 35.7 Å². The molecule has 4 heteroatoms. The van der Waals surface area contributed by atoms with Gasteiger partial charge >= 0.3 is 0 Å². The molecule has 0 bridgehead atoms. The standard InChI is InChI=1S/C11H22N2O2/c1-3-11(2,8-14)13-10(15)9-6-4-5-7-12-9/h9,12,14H,3-8H2,1-2H3,(H,13,15)/t9-,11?/m0/s1. The highest BCUT2D eigenvalue weighted by Crippen LogP contribution is 2.11. The van der Waals surface area contributed by atoms with Gasteiger partial charge in [0.05, 0.1) is 18.2 Å². The van der Waals surface area contributed by atoms with Gasteiger partial charge in [0.25, 0.3) is 0 Å². The quantitative estimate of drug-likeness (QED) is 0.635.